The van der Waals surface area contributed by atoms with E-state index in [4.69, 9.17) is 24.7 Å². The Hall–Kier alpha value is -3.09. The lowest BCUT2D eigenvalue weighted by Gasteiger charge is -2.13. The molecule has 158 valence electrons. The first-order chi connectivity index (χ1) is 14.1. The van der Waals surface area contributed by atoms with E-state index in [0.717, 1.165) is 29.0 Å². The van der Waals surface area contributed by atoms with Gasteiger partial charge in [0.1, 0.15) is 0 Å². The molecule has 0 aliphatic rings. The fourth-order valence-electron chi connectivity index (χ4n) is 2.80. The maximum Gasteiger partial charge on any atom is 0.188 e. The first kappa shape index (κ1) is 22.2. The van der Waals surface area contributed by atoms with Crippen LogP contribution >= 0.6 is 0 Å². The molecule has 2 rings (SSSR count). The van der Waals surface area contributed by atoms with Gasteiger partial charge in [-0.05, 0) is 55.7 Å². The normalized spacial score (nSPS) is 11.1. The van der Waals surface area contributed by atoms with Crippen molar-refractivity contribution in [2.75, 3.05) is 34.0 Å². The molecule has 7 heteroatoms. The summed E-state index contributed by atoms with van der Waals surface area (Å²) in [4.78, 5) is 4.38. The first-order valence-electron chi connectivity index (χ1n) is 9.74. The number of guanidine groups is 1. The number of nitrogens with zero attached hydrogens (tertiary/aromatic N) is 1. The highest BCUT2D eigenvalue weighted by Gasteiger charge is 2.07. The maximum atomic E-state index is 5.99. The van der Waals surface area contributed by atoms with Crippen molar-refractivity contribution in [2.24, 2.45) is 10.7 Å². The Balaban J connectivity index is 1.89. The summed E-state index contributed by atoms with van der Waals surface area (Å²) in [6.45, 7) is 6.24. The minimum Gasteiger partial charge on any atom is -0.493 e. The zero-order chi connectivity index (χ0) is 21.1. The average Bonchev–Trinajstić information content (AvgIpc) is 2.74. The number of nitrogens with two attached hydrogens (primary N) is 1. The third-order valence-electron chi connectivity index (χ3n) is 4.21. The number of hydrogen-bond acceptors (Lipinski definition) is 5. The zero-order valence-corrected chi connectivity index (χ0v) is 17.7. The van der Waals surface area contributed by atoms with Crippen molar-refractivity contribution in [3.05, 3.63) is 47.5 Å². The monoisotopic (exact) mass is 401 g/mol. The number of aliphatic imine (C=N–C) groups is 1. The lowest BCUT2D eigenvalue weighted by atomic mass is 10.1. The van der Waals surface area contributed by atoms with E-state index in [-0.39, 0.29) is 0 Å². The summed E-state index contributed by atoms with van der Waals surface area (Å²) in [5, 5.41) is 3.14. The van der Waals surface area contributed by atoms with Crippen molar-refractivity contribution in [3.63, 3.8) is 0 Å². The molecule has 2 aromatic rings. The molecule has 0 saturated heterocycles. The van der Waals surface area contributed by atoms with Crippen LogP contribution in [0, 0.1) is 0 Å². The summed E-state index contributed by atoms with van der Waals surface area (Å²) < 4.78 is 21.8. The summed E-state index contributed by atoms with van der Waals surface area (Å²) in [7, 11) is 3.22. The van der Waals surface area contributed by atoms with E-state index in [9.17, 15) is 0 Å². The van der Waals surface area contributed by atoms with Crippen molar-refractivity contribution in [2.45, 2.75) is 26.8 Å². The van der Waals surface area contributed by atoms with Crippen molar-refractivity contribution >= 4 is 5.96 Å². The van der Waals surface area contributed by atoms with Crippen molar-refractivity contribution < 1.29 is 18.9 Å². The highest BCUT2D eigenvalue weighted by molar-refractivity contribution is 5.77. The van der Waals surface area contributed by atoms with E-state index in [1.165, 1.54) is 0 Å². The largest absolute Gasteiger partial charge is 0.493 e. The lowest BCUT2D eigenvalue weighted by molar-refractivity contribution is 0.287. The molecular weight excluding hydrogens is 370 g/mol. The molecule has 0 heterocycles. The number of ether oxygens (including phenoxy) is 4. The highest BCUT2D eigenvalue weighted by atomic mass is 16.5. The second-order valence-electron chi connectivity index (χ2n) is 6.21. The molecule has 29 heavy (non-hydrogen) atoms. The number of methoxy groups -OCH3 is 2. The predicted octanol–water partition coefficient (Wildman–Crippen LogP) is 3.15. The summed E-state index contributed by atoms with van der Waals surface area (Å²) in [6, 6.07) is 11.7. The van der Waals surface area contributed by atoms with E-state index in [2.05, 4.69) is 10.3 Å². The van der Waals surface area contributed by atoms with Crippen molar-refractivity contribution in [1.82, 2.24) is 5.32 Å². The summed E-state index contributed by atoms with van der Waals surface area (Å²) in [6.07, 6.45) is 0.791. The Morgan fingerprint density at radius 1 is 0.862 bits per heavy atom. The zero-order valence-electron chi connectivity index (χ0n) is 17.7. The predicted molar refractivity (Wildman–Crippen MR) is 115 cm³/mol. The van der Waals surface area contributed by atoms with Gasteiger partial charge in [-0.2, -0.15) is 0 Å². The average molecular weight is 402 g/mol. The molecule has 0 amide bonds. The molecule has 7 nitrogen and oxygen atoms in total. The van der Waals surface area contributed by atoms with Gasteiger partial charge in [-0.15, -0.1) is 0 Å². The van der Waals surface area contributed by atoms with Crippen LogP contribution in [-0.4, -0.2) is 39.9 Å². The van der Waals surface area contributed by atoms with Crippen LogP contribution in [0.4, 0.5) is 0 Å². The lowest BCUT2D eigenvalue weighted by Crippen LogP contribution is -2.33. The van der Waals surface area contributed by atoms with Gasteiger partial charge >= 0.3 is 0 Å². The molecule has 0 aromatic heterocycles. The van der Waals surface area contributed by atoms with Gasteiger partial charge in [0.05, 0.1) is 34.0 Å². The van der Waals surface area contributed by atoms with Crippen LogP contribution in [0.25, 0.3) is 0 Å². The molecule has 0 bridgehead atoms. The second kappa shape index (κ2) is 11.7. The van der Waals surface area contributed by atoms with Gasteiger partial charge in [-0.25, -0.2) is 4.99 Å². The van der Waals surface area contributed by atoms with Gasteiger partial charge in [0.25, 0.3) is 0 Å². The van der Waals surface area contributed by atoms with E-state index in [0.29, 0.717) is 43.8 Å². The molecule has 0 spiro atoms. The van der Waals surface area contributed by atoms with Gasteiger partial charge in [0.2, 0.25) is 0 Å². The SMILES string of the molecule is CCOc1ccc(CCNC(N)=NCc2ccc(OC)c(OC)c2)cc1OCC. The van der Waals surface area contributed by atoms with E-state index in [1.807, 2.05) is 50.2 Å². The number of rotatable bonds is 11. The Kier molecular flexibility index (Phi) is 8.95. The van der Waals surface area contributed by atoms with Gasteiger partial charge in [0.15, 0.2) is 29.0 Å². The molecule has 3 N–H and O–H groups in total. The van der Waals surface area contributed by atoms with E-state index < -0.39 is 0 Å². The van der Waals surface area contributed by atoms with Gasteiger partial charge in [0, 0.05) is 6.54 Å². The molecular formula is C22H31N3O4. The third kappa shape index (κ3) is 6.78. The third-order valence-corrected chi connectivity index (χ3v) is 4.21. The van der Waals surface area contributed by atoms with E-state index >= 15 is 0 Å². The molecule has 0 aliphatic carbocycles. The molecule has 0 fully saturated rings. The minimum absolute atomic E-state index is 0.399. The van der Waals surface area contributed by atoms with Gasteiger partial charge in [-0.3, -0.25) is 0 Å². The van der Waals surface area contributed by atoms with Crippen LogP contribution in [0.15, 0.2) is 41.4 Å². The quantitative estimate of drug-likeness (QED) is 0.444. The fraction of sp³-hybridized carbons (Fsp3) is 0.409. The number of nitrogens with one attached hydrogen (secondary N) is 1. The molecule has 2 aromatic carbocycles. The standard InChI is InChI=1S/C22H31N3O4/c1-5-28-19-10-7-16(13-21(19)29-6-2)11-12-24-22(23)25-15-17-8-9-18(26-3)20(14-17)27-4/h7-10,13-14H,5-6,11-12,15H2,1-4H3,(H3,23,24,25). The maximum absolute atomic E-state index is 5.99. The highest BCUT2D eigenvalue weighted by Crippen LogP contribution is 2.29. The van der Waals surface area contributed by atoms with Crippen LogP contribution in [0.1, 0.15) is 25.0 Å². The van der Waals surface area contributed by atoms with Crippen molar-refractivity contribution in [1.29, 1.82) is 0 Å². The Morgan fingerprint density at radius 3 is 2.17 bits per heavy atom. The molecule has 0 aliphatic heterocycles. The van der Waals surface area contributed by atoms with Crippen LogP contribution in [-0.2, 0) is 13.0 Å². The van der Waals surface area contributed by atoms with Crippen LogP contribution in [0.3, 0.4) is 0 Å². The summed E-state index contributed by atoms with van der Waals surface area (Å²) in [5.41, 5.74) is 8.11. The smallest absolute Gasteiger partial charge is 0.188 e. The second-order valence-corrected chi connectivity index (χ2v) is 6.21. The Morgan fingerprint density at radius 2 is 1.48 bits per heavy atom. The summed E-state index contributed by atoms with van der Waals surface area (Å²) >= 11 is 0. The van der Waals surface area contributed by atoms with Gasteiger partial charge < -0.3 is 30.0 Å². The minimum atomic E-state index is 0.399. The van der Waals surface area contributed by atoms with E-state index in [1.54, 1.807) is 14.2 Å². The van der Waals surface area contributed by atoms with Crippen molar-refractivity contribution in [3.8, 4) is 23.0 Å². The Bertz CT molecular complexity index is 809. The molecule has 0 unspecified atom stereocenters. The van der Waals surface area contributed by atoms with Gasteiger partial charge in [-0.1, -0.05) is 12.1 Å². The fourth-order valence-corrected chi connectivity index (χ4v) is 2.80. The molecule has 0 radical (unpaired) electrons. The number of hydrogen-bond donors (Lipinski definition) is 2. The summed E-state index contributed by atoms with van der Waals surface area (Å²) in [5.74, 6) is 3.29. The topological polar surface area (TPSA) is 87.3 Å². The van der Waals surface area contributed by atoms with Crippen LogP contribution < -0.4 is 30.0 Å². The van der Waals surface area contributed by atoms with Crippen LogP contribution in [0.5, 0.6) is 23.0 Å². The Labute approximate surface area is 172 Å². The first-order valence-corrected chi connectivity index (χ1v) is 9.74. The van der Waals surface area contributed by atoms with Crippen LogP contribution in [0.2, 0.25) is 0 Å². The number of benzene rings is 2. The molecule has 0 saturated carbocycles. The molecule has 0 atom stereocenters.